The summed E-state index contributed by atoms with van der Waals surface area (Å²) in [6.07, 6.45) is -0.516. The fourth-order valence-corrected chi connectivity index (χ4v) is 1.59. The molecule has 1 N–H and O–H groups in total. The highest BCUT2D eigenvalue weighted by molar-refractivity contribution is 14.1. The van der Waals surface area contributed by atoms with Crippen LogP contribution in [0.2, 0.25) is 0 Å². The fourth-order valence-electron chi connectivity index (χ4n) is 0.979. The number of nitrogens with one attached hydrogen (secondary N) is 1. The Morgan fingerprint density at radius 2 is 2.25 bits per heavy atom. The van der Waals surface area contributed by atoms with Gasteiger partial charge in [0.25, 0.3) is 0 Å². The van der Waals surface area contributed by atoms with Crippen molar-refractivity contribution >= 4 is 34.4 Å². The Bertz CT molecular complexity index is 382. The monoisotopic (exact) mass is 337 g/mol. The second-order valence-corrected chi connectivity index (χ2v) is 4.90. The molecule has 1 rings (SSSR count). The lowest BCUT2D eigenvalue weighted by molar-refractivity contribution is 0.147. The Morgan fingerprint density at radius 1 is 1.56 bits per heavy atom. The van der Waals surface area contributed by atoms with Gasteiger partial charge in [-0.25, -0.2) is 9.18 Å². The summed E-state index contributed by atoms with van der Waals surface area (Å²) < 4.78 is 18.4. The highest BCUT2D eigenvalue weighted by Crippen LogP contribution is 2.19. The molecule has 5 heteroatoms. The maximum absolute atomic E-state index is 12.8. The average molecular weight is 337 g/mol. The number of carbonyl (C=O) groups excluding carboxylic acids is 1. The normalized spacial score (nSPS) is 10.3. The molecule has 0 atom stereocenters. The predicted octanol–water partition coefficient (Wildman–Crippen LogP) is 3.63. The number of carbonyl (C=O) groups is 1. The number of halogens is 2. The van der Waals surface area contributed by atoms with E-state index < -0.39 is 6.09 Å². The third-order valence-corrected chi connectivity index (χ3v) is 2.61. The number of rotatable bonds is 3. The van der Waals surface area contributed by atoms with E-state index in [1.54, 1.807) is 0 Å². The summed E-state index contributed by atoms with van der Waals surface area (Å²) in [5.74, 6) is -0.0384. The van der Waals surface area contributed by atoms with Crippen LogP contribution in [0, 0.1) is 15.3 Å². The maximum atomic E-state index is 12.8. The Balaban J connectivity index is 2.56. The van der Waals surface area contributed by atoms with E-state index in [1.165, 1.54) is 18.2 Å². The van der Waals surface area contributed by atoms with Crippen molar-refractivity contribution in [3.8, 4) is 0 Å². The molecule has 0 bridgehead atoms. The van der Waals surface area contributed by atoms with E-state index in [4.69, 9.17) is 4.74 Å². The first-order chi connectivity index (χ1) is 7.49. The van der Waals surface area contributed by atoms with Gasteiger partial charge in [0.15, 0.2) is 0 Å². The van der Waals surface area contributed by atoms with Crippen LogP contribution >= 0.6 is 22.6 Å². The third kappa shape index (κ3) is 4.34. The minimum absolute atomic E-state index is 0.290. The largest absolute Gasteiger partial charge is 0.449 e. The smallest absolute Gasteiger partial charge is 0.411 e. The first-order valence-electron chi connectivity index (χ1n) is 4.88. The fraction of sp³-hybridized carbons (Fsp3) is 0.364. The maximum Gasteiger partial charge on any atom is 0.411 e. The van der Waals surface area contributed by atoms with Gasteiger partial charge in [0, 0.05) is 3.57 Å². The van der Waals surface area contributed by atoms with Crippen molar-refractivity contribution in [1.82, 2.24) is 0 Å². The summed E-state index contributed by atoms with van der Waals surface area (Å²) >= 11 is 1.95. The summed E-state index contributed by atoms with van der Waals surface area (Å²) in [6.45, 7) is 4.27. The van der Waals surface area contributed by atoms with Gasteiger partial charge in [-0.15, -0.1) is 0 Å². The van der Waals surface area contributed by atoms with Crippen LogP contribution < -0.4 is 5.32 Å². The molecule has 3 nitrogen and oxygen atoms in total. The molecule has 1 aromatic carbocycles. The molecule has 0 aliphatic heterocycles. The van der Waals surface area contributed by atoms with Gasteiger partial charge in [0.05, 0.1) is 12.3 Å². The van der Waals surface area contributed by atoms with E-state index >= 15 is 0 Å². The molecular weight excluding hydrogens is 324 g/mol. The number of anilines is 1. The SMILES string of the molecule is CC(C)COC(=O)Nc1ccc(F)cc1I. The van der Waals surface area contributed by atoms with Gasteiger partial charge in [-0.3, -0.25) is 5.32 Å². The van der Waals surface area contributed by atoms with Crippen molar-refractivity contribution in [2.24, 2.45) is 5.92 Å². The van der Waals surface area contributed by atoms with Crippen LogP contribution in [0.1, 0.15) is 13.8 Å². The van der Waals surface area contributed by atoms with E-state index in [2.05, 4.69) is 5.32 Å². The van der Waals surface area contributed by atoms with E-state index in [0.29, 0.717) is 15.9 Å². The van der Waals surface area contributed by atoms with Crippen molar-refractivity contribution in [2.45, 2.75) is 13.8 Å². The van der Waals surface area contributed by atoms with Crippen LogP contribution in [0.5, 0.6) is 0 Å². The molecule has 0 saturated carbocycles. The predicted molar refractivity (Wildman–Crippen MR) is 68.9 cm³/mol. The van der Waals surface area contributed by atoms with Crippen LogP contribution in [0.4, 0.5) is 14.9 Å². The van der Waals surface area contributed by atoms with Crippen LogP contribution in [0.25, 0.3) is 0 Å². The molecule has 1 amide bonds. The zero-order valence-corrected chi connectivity index (χ0v) is 11.2. The van der Waals surface area contributed by atoms with Gasteiger partial charge in [-0.1, -0.05) is 13.8 Å². The summed E-state index contributed by atoms with van der Waals surface area (Å²) in [6, 6.07) is 4.15. The van der Waals surface area contributed by atoms with Crippen LogP contribution in [0.15, 0.2) is 18.2 Å². The van der Waals surface area contributed by atoms with E-state index in [1.807, 2.05) is 36.4 Å². The second-order valence-electron chi connectivity index (χ2n) is 3.74. The quantitative estimate of drug-likeness (QED) is 0.856. The zero-order chi connectivity index (χ0) is 12.1. The van der Waals surface area contributed by atoms with Crippen molar-refractivity contribution in [2.75, 3.05) is 11.9 Å². The summed E-state index contributed by atoms with van der Waals surface area (Å²) in [5, 5.41) is 2.56. The van der Waals surface area contributed by atoms with Crippen molar-refractivity contribution in [1.29, 1.82) is 0 Å². The van der Waals surface area contributed by atoms with Gasteiger partial charge < -0.3 is 4.74 Å². The molecule has 0 aromatic heterocycles. The Morgan fingerprint density at radius 3 is 2.81 bits per heavy atom. The van der Waals surface area contributed by atoms with E-state index in [0.717, 1.165) is 0 Å². The topological polar surface area (TPSA) is 38.3 Å². The van der Waals surface area contributed by atoms with Gasteiger partial charge in [-0.2, -0.15) is 0 Å². The van der Waals surface area contributed by atoms with Gasteiger partial charge in [0.1, 0.15) is 5.82 Å². The number of amides is 1. The second kappa shape index (κ2) is 6.03. The molecular formula is C11H13FINO2. The molecule has 0 spiro atoms. The number of hydrogen-bond donors (Lipinski definition) is 1. The lowest BCUT2D eigenvalue weighted by Gasteiger charge is -2.09. The van der Waals surface area contributed by atoms with Crippen molar-refractivity contribution < 1.29 is 13.9 Å². The Labute approximate surface area is 108 Å². The Kier molecular flexibility index (Phi) is 4.98. The van der Waals surface area contributed by atoms with Gasteiger partial charge >= 0.3 is 6.09 Å². The molecule has 0 unspecified atom stereocenters. The molecule has 0 aliphatic rings. The van der Waals surface area contributed by atoms with Crippen LogP contribution in [-0.4, -0.2) is 12.7 Å². The zero-order valence-electron chi connectivity index (χ0n) is 9.09. The molecule has 0 fully saturated rings. The Hall–Kier alpha value is -0.850. The summed E-state index contributed by atoms with van der Waals surface area (Å²) in [5.41, 5.74) is 0.552. The minimum atomic E-state index is -0.516. The minimum Gasteiger partial charge on any atom is -0.449 e. The summed E-state index contributed by atoms with van der Waals surface area (Å²) in [4.78, 5) is 11.3. The lowest BCUT2D eigenvalue weighted by atomic mass is 10.2. The molecule has 88 valence electrons. The highest BCUT2D eigenvalue weighted by atomic mass is 127. The number of ether oxygens (including phenoxy) is 1. The molecule has 0 aliphatic carbocycles. The number of benzene rings is 1. The lowest BCUT2D eigenvalue weighted by Crippen LogP contribution is -2.17. The molecule has 0 saturated heterocycles. The third-order valence-electron chi connectivity index (χ3n) is 1.72. The molecule has 0 heterocycles. The number of hydrogen-bond acceptors (Lipinski definition) is 2. The first-order valence-corrected chi connectivity index (χ1v) is 5.95. The van der Waals surface area contributed by atoms with Crippen LogP contribution in [0.3, 0.4) is 0 Å². The molecule has 0 radical (unpaired) electrons. The average Bonchev–Trinajstić information content (AvgIpc) is 2.19. The molecule has 16 heavy (non-hydrogen) atoms. The molecule has 1 aromatic rings. The highest BCUT2D eigenvalue weighted by Gasteiger charge is 2.07. The standard InChI is InChI=1S/C11H13FINO2/c1-7(2)6-16-11(15)14-10-4-3-8(12)5-9(10)13/h3-5,7H,6H2,1-2H3,(H,14,15). The first kappa shape index (κ1) is 13.2. The van der Waals surface area contributed by atoms with Crippen molar-refractivity contribution in [3.05, 3.63) is 27.6 Å². The summed E-state index contributed by atoms with van der Waals surface area (Å²) in [7, 11) is 0. The van der Waals surface area contributed by atoms with E-state index in [9.17, 15) is 9.18 Å². The van der Waals surface area contributed by atoms with Crippen LogP contribution in [-0.2, 0) is 4.74 Å². The van der Waals surface area contributed by atoms with Gasteiger partial charge in [-0.05, 0) is 46.7 Å². The van der Waals surface area contributed by atoms with E-state index in [-0.39, 0.29) is 11.7 Å². The van der Waals surface area contributed by atoms with Gasteiger partial charge in [0.2, 0.25) is 0 Å². The van der Waals surface area contributed by atoms with Crippen molar-refractivity contribution in [3.63, 3.8) is 0 Å².